The molecule has 0 aliphatic rings. The zero-order chi connectivity index (χ0) is 20.3. The minimum atomic E-state index is -0.500. The molecular formula is C20H18ClN5O2. The average molecular weight is 396 g/mol. The number of pyridine rings is 1. The molecule has 1 aromatic carbocycles. The van der Waals surface area contributed by atoms with Crippen molar-refractivity contribution in [3.05, 3.63) is 75.7 Å². The van der Waals surface area contributed by atoms with E-state index >= 15 is 0 Å². The van der Waals surface area contributed by atoms with E-state index < -0.39 is 4.92 Å². The van der Waals surface area contributed by atoms with Gasteiger partial charge in [-0.05, 0) is 47.2 Å². The van der Waals surface area contributed by atoms with E-state index in [9.17, 15) is 10.1 Å². The lowest BCUT2D eigenvalue weighted by molar-refractivity contribution is -0.388. The van der Waals surface area contributed by atoms with Crippen LogP contribution in [0.2, 0.25) is 5.15 Å². The lowest BCUT2D eigenvalue weighted by atomic mass is 10.1. The van der Waals surface area contributed by atoms with E-state index in [-0.39, 0.29) is 11.0 Å². The quantitative estimate of drug-likeness (QED) is 0.343. The molecule has 7 nitrogen and oxygen atoms in total. The highest BCUT2D eigenvalue weighted by Gasteiger charge is 2.22. The maximum absolute atomic E-state index is 11.4. The molecule has 4 rings (SSSR count). The average Bonchev–Trinajstić information content (AvgIpc) is 3.08. The third-order valence-corrected chi connectivity index (χ3v) is 4.19. The molecule has 0 spiro atoms. The van der Waals surface area contributed by atoms with Gasteiger partial charge in [-0.1, -0.05) is 43.1 Å². The summed E-state index contributed by atoms with van der Waals surface area (Å²) in [7, 11) is 0. The molecule has 0 fully saturated rings. The van der Waals surface area contributed by atoms with Crippen molar-refractivity contribution in [1.82, 2.24) is 19.5 Å². The van der Waals surface area contributed by atoms with Crippen LogP contribution in [-0.4, -0.2) is 24.4 Å². The van der Waals surface area contributed by atoms with Crippen molar-refractivity contribution in [3.63, 3.8) is 0 Å². The maximum Gasteiger partial charge on any atom is 0.372 e. The van der Waals surface area contributed by atoms with Crippen molar-refractivity contribution in [2.24, 2.45) is 0 Å². The number of nitrogens with zero attached hydrogens (tertiary/aromatic N) is 5. The van der Waals surface area contributed by atoms with Crippen molar-refractivity contribution < 1.29 is 4.92 Å². The second-order valence-electron chi connectivity index (χ2n) is 5.73. The normalized spacial score (nSPS) is 10.4. The van der Waals surface area contributed by atoms with E-state index in [1.807, 2.05) is 45.0 Å². The van der Waals surface area contributed by atoms with Crippen LogP contribution in [0.3, 0.4) is 0 Å². The van der Waals surface area contributed by atoms with Crippen molar-refractivity contribution in [3.8, 4) is 16.9 Å². The lowest BCUT2D eigenvalue weighted by Gasteiger charge is -2.11. The lowest BCUT2D eigenvalue weighted by Crippen LogP contribution is -2.01. The van der Waals surface area contributed by atoms with Crippen LogP contribution in [0.25, 0.3) is 28.1 Å². The Morgan fingerprint density at radius 2 is 1.82 bits per heavy atom. The number of rotatable bonds is 3. The van der Waals surface area contributed by atoms with Crippen LogP contribution in [-0.2, 0) is 0 Å². The molecule has 0 bridgehead atoms. The van der Waals surface area contributed by atoms with Gasteiger partial charge in [0.2, 0.25) is 0 Å². The fourth-order valence-electron chi connectivity index (χ4n) is 2.84. The largest absolute Gasteiger partial charge is 0.372 e. The molecular weight excluding hydrogens is 378 g/mol. The van der Waals surface area contributed by atoms with Crippen LogP contribution in [0.1, 0.15) is 19.4 Å². The van der Waals surface area contributed by atoms with E-state index in [4.69, 9.17) is 11.6 Å². The highest BCUT2D eigenvalue weighted by molar-refractivity contribution is 6.29. The molecule has 28 heavy (non-hydrogen) atoms. The molecule has 0 saturated carbocycles. The summed E-state index contributed by atoms with van der Waals surface area (Å²) in [5, 5.41) is 11.7. The fraction of sp³-hybridized carbons (Fsp3) is 0.150. The van der Waals surface area contributed by atoms with Crippen LogP contribution in [0, 0.1) is 17.0 Å². The van der Waals surface area contributed by atoms with Crippen molar-refractivity contribution >= 4 is 28.6 Å². The molecule has 4 aromatic rings. The van der Waals surface area contributed by atoms with Crippen molar-refractivity contribution in [2.75, 3.05) is 0 Å². The van der Waals surface area contributed by atoms with Crippen LogP contribution >= 0.6 is 11.6 Å². The molecule has 0 atom stereocenters. The molecule has 0 unspecified atom stereocenters. The Labute approximate surface area is 166 Å². The predicted octanol–water partition coefficient (Wildman–Crippen LogP) is 5.38. The SMILES string of the molecule is CC.Cc1ccc(-n2c(-c3cccnc3[N+](=O)[O-])cc3ncc(Cl)nc32)cc1. The molecule has 0 aliphatic carbocycles. The van der Waals surface area contributed by atoms with Gasteiger partial charge in [0.1, 0.15) is 16.9 Å². The Kier molecular flexibility index (Phi) is 5.65. The number of aromatic nitrogens is 4. The van der Waals surface area contributed by atoms with Gasteiger partial charge in [0, 0.05) is 5.69 Å². The molecule has 0 saturated heterocycles. The van der Waals surface area contributed by atoms with Crippen LogP contribution < -0.4 is 0 Å². The van der Waals surface area contributed by atoms with E-state index in [2.05, 4.69) is 15.0 Å². The van der Waals surface area contributed by atoms with E-state index in [1.54, 1.807) is 22.8 Å². The summed E-state index contributed by atoms with van der Waals surface area (Å²) in [6.45, 7) is 5.99. The first-order valence-corrected chi connectivity index (χ1v) is 9.13. The molecule has 3 aromatic heterocycles. The molecule has 3 heterocycles. The highest BCUT2D eigenvalue weighted by atomic mass is 35.5. The van der Waals surface area contributed by atoms with Crippen LogP contribution in [0.15, 0.2) is 54.9 Å². The zero-order valence-corrected chi connectivity index (χ0v) is 16.4. The third kappa shape index (κ3) is 3.57. The summed E-state index contributed by atoms with van der Waals surface area (Å²) >= 11 is 6.03. The molecule has 0 amide bonds. The molecule has 0 radical (unpaired) electrons. The Hall–Kier alpha value is -3.32. The Balaban J connectivity index is 0.00000109. The number of halogens is 1. The number of fused-ring (bicyclic) bond motifs is 1. The minimum absolute atomic E-state index is 0.227. The van der Waals surface area contributed by atoms with Crippen molar-refractivity contribution in [2.45, 2.75) is 20.8 Å². The topological polar surface area (TPSA) is 86.7 Å². The van der Waals surface area contributed by atoms with Gasteiger partial charge in [-0.15, -0.1) is 0 Å². The Morgan fingerprint density at radius 3 is 2.50 bits per heavy atom. The van der Waals surface area contributed by atoms with Gasteiger partial charge in [-0.3, -0.25) is 4.57 Å². The van der Waals surface area contributed by atoms with Crippen LogP contribution in [0.4, 0.5) is 5.82 Å². The van der Waals surface area contributed by atoms with Gasteiger partial charge < -0.3 is 10.1 Å². The monoisotopic (exact) mass is 395 g/mol. The maximum atomic E-state index is 11.4. The summed E-state index contributed by atoms with van der Waals surface area (Å²) in [4.78, 5) is 23.5. The van der Waals surface area contributed by atoms with Gasteiger partial charge in [0.25, 0.3) is 0 Å². The second kappa shape index (κ2) is 8.14. The fourth-order valence-corrected chi connectivity index (χ4v) is 2.97. The summed E-state index contributed by atoms with van der Waals surface area (Å²) in [6.07, 6.45) is 2.85. The number of nitro groups is 1. The molecule has 8 heteroatoms. The smallest absolute Gasteiger partial charge is 0.358 e. The molecule has 0 N–H and O–H groups in total. The number of benzene rings is 1. The summed E-state index contributed by atoms with van der Waals surface area (Å²) in [5.74, 6) is -0.227. The number of hydrogen-bond acceptors (Lipinski definition) is 5. The molecule has 0 aliphatic heterocycles. The summed E-state index contributed by atoms with van der Waals surface area (Å²) in [6, 6.07) is 12.8. The van der Waals surface area contributed by atoms with Gasteiger partial charge >= 0.3 is 5.82 Å². The summed E-state index contributed by atoms with van der Waals surface area (Å²) < 4.78 is 1.80. The van der Waals surface area contributed by atoms with E-state index in [1.165, 1.54) is 12.4 Å². The predicted molar refractivity (Wildman–Crippen MR) is 110 cm³/mol. The Bertz CT molecular complexity index is 1140. The standard InChI is InChI=1S/C18H12ClN5O2.C2H6/c1-11-4-6-12(7-5-11)23-15(9-14-18(23)22-16(19)10-21-14)13-3-2-8-20-17(13)24(25)26;1-2/h2-10H,1H3;1-2H3. The summed E-state index contributed by atoms with van der Waals surface area (Å²) in [5.41, 5.74) is 3.97. The third-order valence-electron chi connectivity index (χ3n) is 4.01. The van der Waals surface area contributed by atoms with E-state index in [0.717, 1.165) is 11.3 Å². The first-order chi connectivity index (χ1) is 13.5. The minimum Gasteiger partial charge on any atom is -0.358 e. The number of hydrogen-bond donors (Lipinski definition) is 0. The van der Waals surface area contributed by atoms with E-state index in [0.29, 0.717) is 22.4 Å². The highest BCUT2D eigenvalue weighted by Crippen LogP contribution is 2.34. The van der Waals surface area contributed by atoms with Gasteiger partial charge in [0.15, 0.2) is 5.65 Å². The van der Waals surface area contributed by atoms with Crippen LogP contribution in [0.5, 0.6) is 0 Å². The van der Waals surface area contributed by atoms with Gasteiger partial charge in [0.05, 0.1) is 17.5 Å². The zero-order valence-electron chi connectivity index (χ0n) is 15.6. The number of aryl methyl sites for hydroxylation is 1. The van der Waals surface area contributed by atoms with Gasteiger partial charge in [-0.25, -0.2) is 9.97 Å². The second-order valence-corrected chi connectivity index (χ2v) is 6.12. The van der Waals surface area contributed by atoms with Gasteiger partial charge in [-0.2, -0.15) is 0 Å². The van der Waals surface area contributed by atoms with Crippen molar-refractivity contribution in [1.29, 1.82) is 0 Å². The first-order valence-electron chi connectivity index (χ1n) is 8.75. The Morgan fingerprint density at radius 1 is 1.11 bits per heavy atom. The molecule has 142 valence electrons. The first kappa shape index (κ1) is 19.4.